The lowest BCUT2D eigenvalue weighted by molar-refractivity contribution is 0.647. The van der Waals surface area contributed by atoms with Crippen LogP contribution in [0.2, 0.25) is 0 Å². The van der Waals surface area contributed by atoms with Gasteiger partial charge in [0.1, 0.15) is 11.2 Å². The Morgan fingerprint density at radius 3 is 1.90 bits per heavy atom. The highest BCUT2D eigenvalue weighted by molar-refractivity contribution is 6.08. The largest absolute Gasteiger partial charge is 0.456 e. The topological polar surface area (TPSA) is 51.8 Å². The Bertz CT molecular complexity index is 2780. The molecular formula is C46H31N3O. The third-order valence-corrected chi connectivity index (χ3v) is 10.3. The molecular weight excluding hydrogens is 611 g/mol. The maximum absolute atomic E-state index is 6.34. The summed E-state index contributed by atoms with van der Waals surface area (Å²) in [5, 5.41) is 4.70. The molecule has 0 saturated heterocycles. The highest BCUT2D eigenvalue weighted by Gasteiger charge is 2.38. The molecule has 0 radical (unpaired) electrons. The fourth-order valence-electron chi connectivity index (χ4n) is 7.71. The van der Waals surface area contributed by atoms with Crippen LogP contribution >= 0.6 is 0 Å². The second-order valence-electron chi connectivity index (χ2n) is 13.7. The van der Waals surface area contributed by atoms with Crippen LogP contribution in [0.4, 0.5) is 0 Å². The van der Waals surface area contributed by atoms with Crippen molar-refractivity contribution in [2.75, 3.05) is 0 Å². The number of furan rings is 1. The van der Waals surface area contributed by atoms with Crippen molar-refractivity contribution in [3.05, 3.63) is 163 Å². The molecule has 0 saturated carbocycles. The zero-order chi connectivity index (χ0) is 33.4. The molecule has 236 valence electrons. The summed E-state index contributed by atoms with van der Waals surface area (Å²) < 4.78 is 6.34. The first-order valence-corrected chi connectivity index (χ1v) is 17.0. The fourth-order valence-corrected chi connectivity index (χ4v) is 7.71. The van der Waals surface area contributed by atoms with Gasteiger partial charge in [-0.25, -0.2) is 15.0 Å². The van der Waals surface area contributed by atoms with E-state index in [-0.39, 0.29) is 5.41 Å². The van der Waals surface area contributed by atoms with E-state index in [2.05, 4.69) is 135 Å². The van der Waals surface area contributed by atoms with E-state index in [4.69, 9.17) is 19.4 Å². The summed E-state index contributed by atoms with van der Waals surface area (Å²) in [6.07, 6.45) is 0. The number of aromatic nitrogens is 3. The molecule has 1 aliphatic carbocycles. The molecule has 2 aromatic heterocycles. The molecule has 9 aromatic rings. The minimum Gasteiger partial charge on any atom is -0.456 e. The number of nitrogens with zero attached hydrogens (tertiary/aromatic N) is 3. The maximum atomic E-state index is 6.34. The minimum atomic E-state index is -0.232. The normalized spacial score (nSPS) is 13.2. The summed E-state index contributed by atoms with van der Waals surface area (Å²) in [5.41, 5.74) is 11.7. The third kappa shape index (κ3) is 4.42. The fraction of sp³-hybridized carbons (Fsp3) is 0.0652. The first-order valence-electron chi connectivity index (χ1n) is 17.0. The van der Waals surface area contributed by atoms with Gasteiger partial charge in [0.15, 0.2) is 17.5 Å². The number of rotatable bonds is 4. The first-order chi connectivity index (χ1) is 24.5. The second kappa shape index (κ2) is 10.8. The van der Waals surface area contributed by atoms with Gasteiger partial charge in [-0.3, -0.25) is 0 Å². The van der Waals surface area contributed by atoms with Gasteiger partial charge >= 0.3 is 0 Å². The van der Waals surface area contributed by atoms with E-state index in [1.807, 2.05) is 30.3 Å². The molecule has 4 heteroatoms. The molecule has 0 atom stereocenters. The van der Waals surface area contributed by atoms with E-state index in [0.29, 0.717) is 17.5 Å². The van der Waals surface area contributed by atoms with E-state index in [9.17, 15) is 0 Å². The molecule has 0 spiro atoms. The highest BCUT2D eigenvalue weighted by Crippen LogP contribution is 2.53. The molecule has 1 aliphatic rings. The zero-order valence-corrected chi connectivity index (χ0v) is 27.7. The Kier molecular flexibility index (Phi) is 6.19. The third-order valence-electron chi connectivity index (χ3n) is 10.3. The Hall–Kier alpha value is -6.39. The van der Waals surface area contributed by atoms with Crippen molar-refractivity contribution in [1.82, 2.24) is 15.0 Å². The van der Waals surface area contributed by atoms with Crippen molar-refractivity contribution in [2.24, 2.45) is 0 Å². The molecule has 0 unspecified atom stereocenters. The van der Waals surface area contributed by atoms with E-state index in [0.717, 1.165) is 44.2 Å². The van der Waals surface area contributed by atoms with Gasteiger partial charge < -0.3 is 4.42 Å². The monoisotopic (exact) mass is 641 g/mol. The standard InChI is InChI=1S/C46H31N3O/c1-46(2)38-17-10-16-35(42(38)37-26-36-34-15-8-9-18-40(34)50-41(36)27-39(37)46)45-48-43(30-12-4-3-5-13-30)47-44(49-45)31-22-19-29(20-23-31)33-24-21-28-11-6-7-14-32(28)25-33/h3-27H,1-2H3. The summed E-state index contributed by atoms with van der Waals surface area (Å²) >= 11 is 0. The van der Waals surface area contributed by atoms with Crippen LogP contribution in [-0.4, -0.2) is 15.0 Å². The molecule has 7 aromatic carbocycles. The van der Waals surface area contributed by atoms with Crippen LogP contribution < -0.4 is 0 Å². The van der Waals surface area contributed by atoms with Crippen molar-refractivity contribution in [3.8, 4) is 56.4 Å². The summed E-state index contributed by atoms with van der Waals surface area (Å²) in [5.74, 6) is 1.95. The van der Waals surface area contributed by atoms with Crippen LogP contribution in [0.25, 0.3) is 89.1 Å². The minimum absolute atomic E-state index is 0.232. The lowest BCUT2D eigenvalue weighted by Crippen LogP contribution is -2.14. The molecule has 0 fully saturated rings. The van der Waals surface area contributed by atoms with Gasteiger partial charge in [0.2, 0.25) is 0 Å². The van der Waals surface area contributed by atoms with Crippen molar-refractivity contribution in [2.45, 2.75) is 19.3 Å². The summed E-state index contributed by atoms with van der Waals surface area (Å²) in [6.45, 7) is 4.59. The molecule has 0 N–H and O–H groups in total. The lowest BCUT2D eigenvalue weighted by atomic mass is 9.82. The van der Waals surface area contributed by atoms with Crippen molar-refractivity contribution >= 4 is 32.7 Å². The Balaban J connectivity index is 1.14. The number of fused-ring (bicyclic) bond motifs is 7. The molecule has 0 amide bonds. The van der Waals surface area contributed by atoms with Crippen molar-refractivity contribution in [1.29, 1.82) is 0 Å². The van der Waals surface area contributed by atoms with Gasteiger partial charge in [-0.15, -0.1) is 0 Å². The summed E-state index contributed by atoms with van der Waals surface area (Å²) in [7, 11) is 0. The highest BCUT2D eigenvalue weighted by atomic mass is 16.3. The summed E-state index contributed by atoms with van der Waals surface area (Å²) in [4.78, 5) is 15.4. The van der Waals surface area contributed by atoms with Gasteiger partial charge in [0.25, 0.3) is 0 Å². The SMILES string of the molecule is CC1(C)c2cc3oc4ccccc4c3cc2-c2c(-c3nc(-c4ccccc4)nc(-c4ccc(-c5ccc6ccccc6c5)cc4)n3)cccc21. The smallest absolute Gasteiger partial charge is 0.164 e. The van der Waals surface area contributed by atoms with E-state index < -0.39 is 0 Å². The number of hydrogen-bond acceptors (Lipinski definition) is 4. The Labute approximate surface area is 289 Å². The molecule has 4 nitrogen and oxygen atoms in total. The lowest BCUT2D eigenvalue weighted by Gasteiger charge is -2.21. The number of benzene rings is 7. The van der Waals surface area contributed by atoms with Crippen LogP contribution in [0.1, 0.15) is 25.0 Å². The van der Waals surface area contributed by atoms with Gasteiger partial charge in [0, 0.05) is 32.9 Å². The zero-order valence-electron chi connectivity index (χ0n) is 27.7. The number of hydrogen-bond donors (Lipinski definition) is 0. The van der Waals surface area contributed by atoms with Crippen LogP contribution in [0, 0.1) is 0 Å². The first kappa shape index (κ1) is 28.6. The molecule has 0 aliphatic heterocycles. The van der Waals surface area contributed by atoms with Crippen molar-refractivity contribution < 1.29 is 4.42 Å². The molecule has 50 heavy (non-hydrogen) atoms. The van der Waals surface area contributed by atoms with Gasteiger partial charge in [-0.2, -0.15) is 0 Å². The van der Waals surface area contributed by atoms with Gasteiger partial charge in [-0.1, -0.05) is 141 Å². The van der Waals surface area contributed by atoms with Gasteiger partial charge in [-0.05, 0) is 68.4 Å². The predicted octanol–water partition coefficient (Wildman–Crippen LogP) is 11.9. The number of para-hydroxylation sites is 1. The van der Waals surface area contributed by atoms with E-state index >= 15 is 0 Å². The van der Waals surface area contributed by atoms with Crippen LogP contribution in [0.3, 0.4) is 0 Å². The second-order valence-corrected chi connectivity index (χ2v) is 13.7. The Morgan fingerprint density at radius 1 is 0.420 bits per heavy atom. The molecule has 2 heterocycles. The quantitative estimate of drug-likeness (QED) is 0.192. The average molecular weight is 642 g/mol. The predicted molar refractivity (Wildman–Crippen MR) is 204 cm³/mol. The Morgan fingerprint density at radius 2 is 1.08 bits per heavy atom. The van der Waals surface area contributed by atoms with Crippen LogP contribution in [-0.2, 0) is 5.41 Å². The summed E-state index contributed by atoms with van der Waals surface area (Å²) in [6, 6.07) is 53.1. The molecule has 10 rings (SSSR count). The van der Waals surface area contributed by atoms with Crippen molar-refractivity contribution in [3.63, 3.8) is 0 Å². The maximum Gasteiger partial charge on any atom is 0.164 e. The van der Waals surface area contributed by atoms with Gasteiger partial charge in [0.05, 0.1) is 0 Å². The van der Waals surface area contributed by atoms with Crippen LogP contribution in [0.5, 0.6) is 0 Å². The van der Waals surface area contributed by atoms with E-state index in [1.54, 1.807) is 0 Å². The van der Waals surface area contributed by atoms with Crippen LogP contribution in [0.15, 0.2) is 156 Å². The molecule has 0 bridgehead atoms. The van der Waals surface area contributed by atoms with E-state index in [1.165, 1.54) is 38.6 Å². The average Bonchev–Trinajstić information content (AvgIpc) is 3.65.